The van der Waals surface area contributed by atoms with E-state index in [2.05, 4.69) is 50.4 Å². The molecule has 8 unspecified atom stereocenters. The van der Waals surface area contributed by atoms with Crippen molar-refractivity contribution in [3.63, 3.8) is 0 Å². The van der Waals surface area contributed by atoms with E-state index in [9.17, 15) is 35.1 Å². The number of rotatable bonds is 69. The zero-order chi connectivity index (χ0) is 65.3. The van der Waals surface area contributed by atoms with Crippen molar-refractivity contribution in [1.29, 1.82) is 0 Å². The Morgan fingerprint density at radius 1 is 0.433 bits per heavy atom. The van der Waals surface area contributed by atoms with Crippen LogP contribution in [0.15, 0.2) is 36.5 Å². The Morgan fingerprint density at radius 2 is 0.767 bits per heavy atom. The topological polar surface area (TPSA) is 175 Å². The zero-order valence-electron chi connectivity index (χ0n) is 59.3. The minimum absolute atomic E-state index is 0.126. The van der Waals surface area contributed by atoms with E-state index < -0.39 is 67.4 Å². The summed E-state index contributed by atoms with van der Waals surface area (Å²) in [5, 5.41) is 57.4. The molecule has 1 heterocycles. The average Bonchev–Trinajstić information content (AvgIpc) is 3.11. The molecule has 1 fully saturated rings. The van der Waals surface area contributed by atoms with Gasteiger partial charge in [0.1, 0.15) is 24.4 Å². The standard InChI is InChI=1S/C79H149NO10/c1-4-7-10-13-16-19-22-25-27-29-31-33-35-36-37-39-40-42-44-46-48-51-54-57-60-63-66-72(83)78(87)80-70(71(82)65-62-59-56-53-50-24-21-18-15-12-9-6-3)69-88-79-77(76(86)75(85)73(68-81)89-79)90-74(84)67-64-61-58-55-52-49-47-45-43-41-38-34-32-30-28-26-23-20-17-14-11-8-5-2/h17,20,26,28,62,65,70-73,75-77,79,81-83,85-86H,4-16,18-19,21-25,27,29-61,63-64,66-69H2,1-3H3,(H,80,87)/b20-17-,28-26-,65-62+. The number of carbonyl (C=O) groups is 2. The quantitative estimate of drug-likeness (QED) is 0.0195. The highest BCUT2D eigenvalue weighted by Gasteiger charge is 2.47. The van der Waals surface area contributed by atoms with Gasteiger partial charge in [0.05, 0.1) is 25.4 Å². The number of amides is 1. The lowest BCUT2D eigenvalue weighted by molar-refractivity contribution is -0.305. The smallest absolute Gasteiger partial charge is 0.306 e. The second-order valence-electron chi connectivity index (χ2n) is 27.5. The van der Waals surface area contributed by atoms with E-state index in [0.29, 0.717) is 19.3 Å². The molecule has 0 radical (unpaired) electrons. The summed E-state index contributed by atoms with van der Waals surface area (Å²) in [6, 6.07) is -1.02. The monoisotopic (exact) mass is 1270 g/mol. The Morgan fingerprint density at radius 3 is 1.16 bits per heavy atom. The fourth-order valence-corrected chi connectivity index (χ4v) is 12.6. The van der Waals surface area contributed by atoms with Crippen molar-refractivity contribution in [1.82, 2.24) is 5.32 Å². The first-order chi connectivity index (χ1) is 44.2. The van der Waals surface area contributed by atoms with E-state index in [1.807, 2.05) is 6.08 Å². The molecular formula is C79H149NO10. The molecule has 530 valence electrons. The SMILES string of the molecule is CCCCC/C=C\C/C=C\CCCCCCCCCCCCCCCC(=O)OC1C(OCC(NC(=O)C(O)CCCCCCCCCCCCCCCCCCCCCCCCCCCC)C(O)/C=C/CCCCCCCCCCCC)OC(CO)C(O)C1O. The van der Waals surface area contributed by atoms with Gasteiger partial charge in [-0.3, -0.25) is 9.59 Å². The maximum Gasteiger partial charge on any atom is 0.306 e. The van der Waals surface area contributed by atoms with Crippen LogP contribution in [0.5, 0.6) is 0 Å². The zero-order valence-corrected chi connectivity index (χ0v) is 59.3. The number of hydrogen-bond donors (Lipinski definition) is 6. The van der Waals surface area contributed by atoms with E-state index in [1.165, 1.54) is 283 Å². The van der Waals surface area contributed by atoms with Crippen LogP contribution >= 0.6 is 0 Å². The Hall–Kier alpha value is -2.12. The number of ether oxygens (including phenoxy) is 3. The first-order valence-electron chi connectivity index (χ1n) is 39.3. The molecule has 1 saturated heterocycles. The Kier molecular flexibility index (Phi) is 63.8. The average molecular weight is 1270 g/mol. The highest BCUT2D eigenvalue weighted by Crippen LogP contribution is 2.27. The van der Waals surface area contributed by atoms with Crippen LogP contribution < -0.4 is 5.32 Å². The van der Waals surface area contributed by atoms with Gasteiger partial charge in [0.25, 0.3) is 0 Å². The van der Waals surface area contributed by atoms with Gasteiger partial charge >= 0.3 is 5.97 Å². The van der Waals surface area contributed by atoms with E-state index in [4.69, 9.17) is 14.2 Å². The minimum Gasteiger partial charge on any atom is -0.454 e. The molecule has 0 saturated carbocycles. The predicted molar refractivity (Wildman–Crippen MR) is 380 cm³/mol. The lowest BCUT2D eigenvalue weighted by atomic mass is 9.99. The number of carbonyl (C=O) groups excluding carboxylic acids is 2. The van der Waals surface area contributed by atoms with Crippen LogP contribution in [-0.2, 0) is 23.8 Å². The van der Waals surface area contributed by atoms with Crippen molar-refractivity contribution in [3.05, 3.63) is 36.5 Å². The van der Waals surface area contributed by atoms with Crippen molar-refractivity contribution >= 4 is 11.9 Å². The second-order valence-corrected chi connectivity index (χ2v) is 27.5. The molecule has 1 aliphatic heterocycles. The third-order valence-corrected chi connectivity index (χ3v) is 18.8. The lowest BCUT2D eigenvalue weighted by Crippen LogP contribution is -2.61. The van der Waals surface area contributed by atoms with Gasteiger partial charge in [0.2, 0.25) is 5.91 Å². The van der Waals surface area contributed by atoms with Crippen LogP contribution in [0.25, 0.3) is 0 Å². The van der Waals surface area contributed by atoms with Crippen LogP contribution in [0.2, 0.25) is 0 Å². The van der Waals surface area contributed by atoms with Crippen LogP contribution in [0, 0.1) is 0 Å². The van der Waals surface area contributed by atoms with Gasteiger partial charge in [0.15, 0.2) is 12.4 Å². The molecule has 11 nitrogen and oxygen atoms in total. The normalized spacial score (nSPS) is 18.2. The molecule has 0 spiro atoms. The number of allylic oxidation sites excluding steroid dienone is 5. The Balaban J connectivity index is 2.49. The summed E-state index contributed by atoms with van der Waals surface area (Å²) in [4.78, 5) is 26.8. The third-order valence-electron chi connectivity index (χ3n) is 18.8. The van der Waals surface area contributed by atoms with Gasteiger partial charge in [-0.05, 0) is 57.8 Å². The van der Waals surface area contributed by atoms with Crippen molar-refractivity contribution < 1.29 is 49.3 Å². The highest BCUT2D eigenvalue weighted by molar-refractivity contribution is 5.80. The Labute approximate surface area is 555 Å². The molecule has 6 N–H and O–H groups in total. The maximum absolute atomic E-state index is 13.5. The molecule has 0 bridgehead atoms. The lowest BCUT2D eigenvalue weighted by Gasteiger charge is -2.41. The summed E-state index contributed by atoms with van der Waals surface area (Å²) in [6.07, 6.45) is 73.5. The van der Waals surface area contributed by atoms with Gasteiger partial charge in [0, 0.05) is 6.42 Å². The summed E-state index contributed by atoms with van der Waals surface area (Å²) in [6.45, 7) is 5.84. The molecule has 0 aromatic carbocycles. The highest BCUT2D eigenvalue weighted by atomic mass is 16.7. The van der Waals surface area contributed by atoms with Gasteiger partial charge in [-0.25, -0.2) is 0 Å². The van der Waals surface area contributed by atoms with Crippen molar-refractivity contribution in [2.75, 3.05) is 13.2 Å². The number of aliphatic hydroxyl groups is 5. The van der Waals surface area contributed by atoms with E-state index >= 15 is 0 Å². The molecule has 0 aliphatic carbocycles. The summed E-state index contributed by atoms with van der Waals surface area (Å²) < 4.78 is 17.7. The van der Waals surface area contributed by atoms with Gasteiger partial charge in [-0.2, -0.15) is 0 Å². The van der Waals surface area contributed by atoms with Gasteiger partial charge < -0.3 is 45.1 Å². The van der Waals surface area contributed by atoms with Crippen LogP contribution in [-0.4, -0.2) is 99.6 Å². The first-order valence-corrected chi connectivity index (χ1v) is 39.3. The number of aliphatic hydroxyl groups excluding tert-OH is 5. The number of esters is 1. The molecule has 8 atom stereocenters. The van der Waals surface area contributed by atoms with E-state index in [-0.39, 0.29) is 13.0 Å². The van der Waals surface area contributed by atoms with Crippen molar-refractivity contribution in [2.45, 2.75) is 442 Å². The Bertz CT molecular complexity index is 1610. The van der Waals surface area contributed by atoms with Crippen LogP contribution in [0.3, 0.4) is 0 Å². The van der Waals surface area contributed by atoms with Crippen molar-refractivity contribution in [3.8, 4) is 0 Å². The van der Waals surface area contributed by atoms with E-state index in [1.54, 1.807) is 6.08 Å². The first kappa shape index (κ1) is 85.9. The second kappa shape index (κ2) is 66.9. The number of unbranched alkanes of at least 4 members (excludes halogenated alkanes) is 51. The van der Waals surface area contributed by atoms with Gasteiger partial charge in [-0.15, -0.1) is 0 Å². The molecule has 1 aliphatic rings. The van der Waals surface area contributed by atoms with E-state index in [0.717, 1.165) is 64.2 Å². The number of nitrogens with one attached hydrogen (secondary N) is 1. The molecule has 90 heavy (non-hydrogen) atoms. The number of hydrogen-bond acceptors (Lipinski definition) is 10. The third kappa shape index (κ3) is 53.2. The summed E-state index contributed by atoms with van der Waals surface area (Å²) in [5.41, 5.74) is 0. The molecule has 0 aromatic rings. The summed E-state index contributed by atoms with van der Waals surface area (Å²) in [5.74, 6) is -1.17. The molecule has 0 aromatic heterocycles. The van der Waals surface area contributed by atoms with Crippen LogP contribution in [0.1, 0.15) is 393 Å². The fraction of sp³-hybridized carbons (Fsp3) is 0.899. The van der Waals surface area contributed by atoms with Crippen LogP contribution in [0.4, 0.5) is 0 Å². The predicted octanol–water partition coefficient (Wildman–Crippen LogP) is 20.9. The largest absolute Gasteiger partial charge is 0.454 e. The molecule has 11 heteroatoms. The minimum atomic E-state index is -1.61. The molecule has 1 amide bonds. The van der Waals surface area contributed by atoms with Gasteiger partial charge in [-0.1, -0.05) is 365 Å². The van der Waals surface area contributed by atoms with Crippen molar-refractivity contribution in [2.24, 2.45) is 0 Å². The molecule has 1 rings (SSSR count). The summed E-state index contributed by atoms with van der Waals surface area (Å²) in [7, 11) is 0. The fourth-order valence-electron chi connectivity index (χ4n) is 12.6. The maximum atomic E-state index is 13.5. The molecular weight excluding hydrogens is 1120 g/mol. The summed E-state index contributed by atoms with van der Waals surface area (Å²) >= 11 is 0.